The van der Waals surface area contributed by atoms with Gasteiger partial charge in [0.25, 0.3) is 0 Å². The number of nitrogens with one attached hydrogen (secondary N) is 1. The highest BCUT2D eigenvalue weighted by Crippen LogP contribution is 2.29. The molecule has 1 saturated heterocycles. The number of hydrogen-bond acceptors (Lipinski definition) is 1. The van der Waals surface area contributed by atoms with Crippen LogP contribution in [-0.4, -0.2) is 6.54 Å². The molecule has 0 aromatic heterocycles. The Labute approximate surface area is 96.8 Å². The molecule has 2 heteroatoms. The van der Waals surface area contributed by atoms with E-state index in [4.69, 9.17) is 11.6 Å². The van der Waals surface area contributed by atoms with Crippen LogP contribution in [0.4, 0.5) is 0 Å². The zero-order chi connectivity index (χ0) is 10.8. The number of piperidine rings is 1. The fraction of sp³-hybridized carbons (Fsp3) is 0.538. The second-order valence-electron chi connectivity index (χ2n) is 4.64. The van der Waals surface area contributed by atoms with E-state index in [-0.39, 0.29) is 0 Å². The van der Waals surface area contributed by atoms with E-state index >= 15 is 0 Å². The van der Waals surface area contributed by atoms with E-state index in [1.165, 1.54) is 18.4 Å². The molecule has 0 bridgehead atoms. The molecule has 1 fully saturated rings. The van der Waals surface area contributed by atoms with Crippen LogP contribution < -0.4 is 5.32 Å². The van der Waals surface area contributed by atoms with Crippen LogP contribution in [0.2, 0.25) is 5.02 Å². The summed E-state index contributed by atoms with van der Waals surface area (Å²) in [5.41, 5.74) is 2.49. The van der Waals surface area contributed by atoms with Gasteiger partial charge in [-0.15, -0.1) is 0 Å². The van der Waals surface area contributed by atoms with Gasteiger partial charge in [0.2, 0.25) is 0 Å². The first-order valence-electron chi connectivity index (χ1n) is 5.66. The van der Waals surface area contributed by atoms with Crippen molar-refractivity contribution in [3.63, 3.8) is 0 Å². The zero-order valence-corrected chi connectivity index (χ0v) is 10.1. The minimum atomic E-state index is 0.492. The Morgan fingerprint density at radius 2 is 2.20 bits per heavy atom. The molecule has 1 N–H and O–H groups in total. The summed E-state index contributed by atoms with van der Waals surface area (Å²) in [6.07, 6.45) is 2.51. The molecule has 1 nitrogen and oxygen atoms in total. The summed E-state index contributed by atoms with van der Waals surface area (Å²) >= 11 is 6.14. The summed E-state index contributed by atoms with van der Waals surface area (Å²) in [7, 11) is 0. The van der Waals surface area contributed by atoms with Crippen LogP contribution in [0.15, 0.2) is 18.2 Å². The Bertz CT molecular complexity index is 348. The highest BCUT2D eigenvalue weighted by molar-refractivity contribution is 6.31. The first-order valence-corrected chi connectivity index (χ1v) is 6.04. The van der Waals surface area contributed by atoms with E-state index in [2.05, 4.69) is 30.4 Å². The maximum absolute atomic E-state index is 6.14. The number of halogens is 1. The van der Waals surface area contributed by atoms with Crippen molar-refractivity contribution >= 4 is 11.6 Å². The van der Waals surface area contributed by atoms with E-state index in [1.807, 2.05) is 6.92 Å². The lowest BCUT2D eigenvalue weighted by molar-refractivity contribution is 0.325. The molecule has 0 saturated carbocycles. The molecule has 1 aliphatic heterocycles. The Morgan fingerprint density at radius 1 is 1.40 bits per heavy atom. The Kier molecular flexibility index (Phi) is 3.32. The van der Waals surface area contributed by atoms with Crippen LogP contribution in [0.25, 0.3) is 0 Å². The van der Waals surface area contributed by atoms with Crippen molar-refractivity contribution in [2.45, 2.75) is 32.7 Å². The van der Waals surface area contributed by atoms with Crippen molar-refractivity contribution in [1.82, 2.24) is 5.32 Å². The van der Waals surface area contributed by atoms with Gasteiger partial charge in [0.05, 0.1) is 0 Å². The molecular weight excluding hydrogens is 206 g/mol. The van der Waals surface area contributed by atoms with Gasteiger partial charge in [-0.2, -0.15) is 0 Å². The third kappa shape index (κ3) is 2.53. The maximum atomic E-state index is 6.14. The number of rotatable bonds is 1. The maximum Gasteiger partial charge on any atom is 0.0438 e. The van der Waals surface area contributed by atoms with Gasteiger partial charge in [-0.1, -0.05) is 30.7 Å². The second kappa shape index (κ2) is 4.54. The van der Waals surface area contributed by atoms with Crippen LogP contribution in [0.3, 0.4) is 0 Å². The van der Waals surface area contributed by atoms with E-state index in [9.17, 15) is 0 Å². The fourth-order valence-corrected chi connectivity index (χ4v) is 2.38. The minimum Gasteiger partial charge on any atom is -0.310 e. The van der Waals surface area contributed by atoms with Gasteiger partial charge in [0.15, 0.2) is 0 Å². The van der Waals surface area contributed by atoms with Crippen molar-refractivity contribution in [1.29, 1.82) is 0 Å². The summed E-state index contributed by atoms with van der Waals surface area (Å²) in [6.45, 7) is 5.49. The average Bonchev–Trinajstić information content (AvgIpc) is 2.22. The van der Waals surface area contributed by atoms with Gasteiger partial charge in [0, 0.05) is 11.1 Å². The molecule has 1 aromatic rings. The van der Waals surface area contributed by atoms with Gasteiger partial charge >= 0.3 is 0 Å². The largest absolute Gasteiger partial charge is 0.310 e. The van der Waals surface area contributed by atoms with Gasteiger partial charge in [-0.25, -0.2) is 0 Å². The first-order chi connectivity index (χ1) is 7.16. The van der Waals surface area contributed by atoms with Crippen LogP contribution in [0, 0.1) is 12.8 Å². The van der Waals surface area contributed by atoms with Gasteiger partial charge < -0.3 is 5.32 Å². The van der Waals surface area contributed by atoms with E-state index in [0.29, 0.717) is 6.04 Å². The molecule has 82 valence electrons. The number of aryl methyl sites for hydroxylation is 1. The highest BCUT2D eigenvalue weighted by Gasteiger charge is 2.19. The normalized spacial score (nSPS) is 26.6. The summed E-state index contributed by atoms with van der Waals surface area (Å²) in [5.74, 6) is 0.816. The summed E-state index contributed by atoms with van der Waals surface area (Å²) in [6, 6.07) is 6.90. The van der Waals surface area contributed by atoms with Crippen LogP contribution >= 0.6 is 11.6 Å². The van der Waals surface area contributed by atoms with Crippen LogP contribution in [0.1, 0.15) is 36.9 Å². The molecule has 2 rings (SSSR count). The quantitative estimate of drug-likeness (QED) is 0.766. The lowest BCUT2D eigenvalue weighted by Crippen LogP contribution is -2.30. The number of hydrogen-bond donors (Lipinski definition) is 1. The average molecular weight is 224 g/mol. The topological polar surface area (TPSA) is 12.0 Å². The standard InChI is InChI=1S/C13H18ClN/c1-9-5-6-15-13(7-9)11-4-3-10(2)12(14)8-11/h3-4,8-9,13,15H,5-7H2,1-2H3. The van der Waals surface area contributed by atoms with Crippen molar-refractivity contribution < 1.29 is 0 Å². The lowest BCUT2D eigenvalue weighted by Gasteiger charge is -2.28. The van der Waals surface area contributed by atoms with Crippen molar-refractivity contribution in [2.24, 2.45) is 5.92 Å². The second-order valence-corrected chi connectivity index (χ2v) is 5.05. The monoisotopic (exact) mass is 223 g/mol. The van der Waals surface area contributed by atoms with Crippen molar-refractivity contribution in [3.05, 3.63) is 34.3 Å². The summed E-state index contributed by atoms with van der Waals surface area (Å²) < 4.78 is 0. The predicted molar refractivity (Wildman–Crippen MR) is 65.3 cm³/mol. The molecule has 1 aliphatic rings. The number of benzene rings is 1. The molecule has 0 amide bonds. The smallest absolute Gasteiger partial charge is 0.0438 e. The van der Waals surface area contributed by atoms with Crippen LogP contribution in [-0.2, 0) is 0 Å². The molecule has 1 aromatic carbocycles. The molecule has 15 heavy (non-hydrogen) atoms. The summed E-state index contributed by atoms with van der Waals surface area (Å²) in [5, 5.41) is 4.44. The molecule has 2 atom stereocenters. The van der Waals surface area contributed by atoms with Crippen LogP contribution in [0.5, 0.6) is 0 Å². The SMILES string of the molecule is Cc1ccc(C2CC(C)CCN2)cc1Cl. The highest BCUT2D eigenvalue weighted by atomic mass is 35.5. The predicted octanol–water partition coefficient (Wildman–Crippen LogP) is 3.71. The van der Waals surface area contributed by atoms with Crippen molar-refractivity contribution in [3.8, 4) is 0 Å². The Balaban J connectivity index is 2.18. The van der Waals surface area contributed by atoms with Gasteiger partial charge in [0.1, 0.15) is 0 Å². The molecule has 0 radical (unpaired) electrons. The van der Waals surface area contributed by atoms with E-state index < -0.39 is 0 Å². The van der Waals surface area contributed by atoms with Gasteiger partial charge in [-0.05, 0) is 49.4 Å². The third-order valence-corrected chi connectivity index (χ3v) is 3.67. The molecule has 0 aliphatic carbocycles. The van der Waals surface area contributed by atoms with E-state index in [0.717, 1.165) is 23.0 Å². The molecular formula is C13H18ClN. The van der Waals surface area contributed by atoms with Crippen molar-refractivity contribution in [2.75, 3.05) is 6.54 Å². The molecule has 2 unspecified atom stereocenters. The van der Waals surface area contributed by atoms with E-state index in [1.54, 1.807) is 0 Å². The first kappa shape index (κ1) is 11.0. The Hall–Kier alpha value is -0.530. The summed E-state index contributed by atoms with van der Waals surface area (Å²) in [4.78, 5) is 0. The molecule has 0 spiro atoms. The Morgan fingerprint density at radius 3 is 2.87 bits per heavy atom. The zero-order valence-electron chi connectivity index (χ0n) is 9.39. The lowest BCUT2D eigenvalue weighted by atomic mass is 9.90. The minimum absolute atomic E-state index is 0.492. The van der Waals surface area contributed by atoms with Gasteiger partial charge in [-0.3, -0.25) is 0 Å². The fourth-order valence-electron chi connectivity index (χ4n) is 2.19. The third-order valence-electron chi connectivity index (χ3n) is 3.26. The molecule has 1 heterocycles.